The average Bonchev–Trinajstić information content (AvgIpc) is 2.55. The van der Waals surface area contributed by atoms with Gasteiger partial charge in [0, 0.05) is 43.8 Å². The number of anilines is 1. The Labute approximate surface area is 108 Å². The maximum Gasteiger partial charge on any atom is 0.132 e. The molecule has 1 aliphatic rings. The van der Waals surface area contributed by atoms with Crippen molar-refractivity contribution in [1.82, 2.24) is 14.9 Å². The van der Waals surface area contributed by atoms with Gasteiger partial charge in [0.1, 0.15) is 12.1 Å². The largest absolute Gasteiger partial charge is 0.355 e. The summed E-state index contributed by atoms with van der Waals surface area (Å²) in [4.78, 5) is 13.2. The molecule has 0 amide bonds. The third-order valence-electron chi connectivity index (χ3n) is 3.10. The van der Waals surface area contributed by atoms with E-state index in [2.05, 4.69) is 25.8 Å². The highest BCUT2D eigenvalue weighted by Crippen LogP contribution is 2.13. The first-order chi connectivity index (χ1) is 8.29. The topological polar surface area (TPSA) is 32.3 Å². The van der Waals surface area contributed by atoms with E-state index < -0.39 is 0 Å². The van der Waals surface area contributed by atoms with Gasteiger partial charge in [-0.3, -0.25) is 0 Å². The number of halogens is 1. The molecule has 0 bridgehead atoms. The fraction of sp³-hybridized carbons (Fsp3) is 0.667. The molecular weight excluding hydrogens is 236 g/mol. The molecule has 1 fully saturated rings. The summed E-state index contributed by atoms with van der Waals surface area (Å²) in [5.74, 6) is 1.76. The molecule has 94 valence electrons. The monoisotopic (exact) mass is 254 g/mol. The third-order valence-corrected chi connectivity index (χ3v) is 3.27. The Balaban J connectivity index is 1.99. The van der Waals surface area contributed by atoms with E-state index in [-0.39, 0.29) is 0 Å². The lowest BCUT2D eigenvalue weighted by Crippen LogP contribution is -2.32. The van der Waals surface area contributed by atoms with Crippen LogP contribution in [0.5, 0.6) is 0 Å². The van der Waals surface area contributed by atoms with E-state index in [4.69, 9.17) is 11.6 Å². The molecule has 0 spiro atoms. The molecule has 4 nitrogen and oxygen atoms in total. The molecule has 0 atom stereocenters. The summed E-state index contributed by atoms with van der Waals surface area (Å²) in [6.45, 7) is 7.27. The molecule has 2 rings (SSSR count). The van der Waals surface area contributed by atoms with Gasteiger partial charge in [-0.25, -0.2) is 9.97 Å². The molecule has 0 radical (unpaired) electrons. The van der Waals surface area contributed by atoms with E-state index in [9.17, 15) is 0 Å². The van der Waals surface area contributed by atoms with Gasteiger partial charge >= 0.3 is 0 Å². The minimum atomic E-state index is 0.715. The second-order valence-corrected chi connectivity index (χ2v) is 4.77. The van der Waals surface area contributed by atoms with Crippen LogP contribution in [0.1, 0.15) is 12.1 Å². The maximum absolute atomic E-state index is 5.79. The molecule has 1 aliphatic heterocycles. The summed E-state index contributed by atoms with van der Waals surface area (Å²) in [6.07, 6.45) is 2.81. The number of aromatic nitrogens is 2. The van der Waals surface area contributed by atoms with Gasteiger partial charge in [0.15, 0.2) is 0 Å². The maximum atomic E-state index is 5.79. The SMILES string of the molecule is Cc1cc(N2CCCN(CCCl)CC2)ncn1. The second kappa shape index (κ2) is 6.17. The van der Waals surface area contributed by atoms with E-state index >= 15 is 0 Å². The molecule has 0 N–H and O–H groups in total. The first kappa shape index (κ1) is 12.6. The van der Waals surface area contributed by atoms with Gasteiger partial charge in [-0.05, 0) is 19.9 Å². The van der Waals surface area contributed by atoms with Crippen molar-refractivity contribution in [3.63, 3.8) is 0 Å². The predicted octanol–water partition coefficient (Wildman–Crippen LogP) is 1.54. The van der Waals surface area contributed by atoms with Crippen LogP contribution in [0.2, 0.25) is 0 Å². The van der Waals surface area contributed by atoms with Gasteiger partial charge in [-0.1, -0.05) is 0 Å². The van der Waals surface area contributed by atoms with Crippen LogP contribution >= 0.6 is 11.6 Å². The summed E-state index contributed by atoms with van der Waals surface area (Å²) in [6, 6.07) is 2.05. The first-order valence-electron chi connectivity index (χ1n) is 6.11. The zero-order valence-corrected chi connectivity index (χ0v) is 11.0. The minimum absolute atomic E-state index is 0.715. The number of hydrogen-bond acceptors (Lipinski definition) is 4. The Hall–Kier alpha value is -0.870. The molecule has 0 saturated carbocycles. The molecule has 0 unspecified atom stereocenters. The van der Waals surface area contributed by atoms with E-state index in [0.717, 1.165) is 44.2 Å². The molecule has 0 aromatic carbocycles. The molecule has 1 aromatic heterocycles. The number of alkyl halides is 1. The Morgan fingerprint density at radius 3 is 2.88 bits per heavy atom. The van der Waals surface area contributed by atoms with Crippen LogP contribution in [0.3, 0.4) is 0 Å². The number of nitrogens with zero attached hydrogens (tertiary/aromatic N) is 4. The van der Waals surface area contributed by atoms with Crippen molar-refractivity contribution in [2.75, 3.05) is 43.5 Å². The van der Waals surface area contributed by atoms with Gasteiger partial charge < -0.3 is 9.80 Å². The smallest absolute Gasteiger partial charge is 0.132 e. The molecule has 17 heavy (non-hydrogen) atoms. The summed E-state index contributed by atoms with van der Waals surface area (Å²) < 4.78 is 0. The first-order valence-corrected chi connectivity index (χ1v) is 6.65. The summed E-state index contributed by atoms with van der Waals surface area (Å²) in [5, 5.41) is 0. The zero-order valence-electron chi connectivity index (χ0n) is 10.3. The van der Waals surface area contributed by atoms with Crippen molar-refractivity contribution in [1.29, 1.82) is 0 Å². The van der Waals surface area contributed by atoms with Gasteiger partial charge in [-0.2, -0.15) is 0 Å². The van der Waals surface area contributed by atoms with Gasteiger partial charge in [0.05, 0.1) is 0 Å². The van der Waals surface area contributed by atoms with Crippen molar-refractivity contribution in [3.8, 4) is 0 Å². The predicted molar refractivity (Wildman–Crippen MR) is 70.8 cm³/mol. The molecule has 5 heteroatoms. The molecular formula is C12H19ClN4. The highest BCUT2D eigenvalue weighted by molar-refractivity contribution is 6.18. The Morgan fingerprint density at radius 1 is 1.24 bits per heavy atom. The van der Waals surface area contributed by atoms with Crippen molar-refractivity contribution in [3.05, 3.63) is 18.1 Å². The minimum Gasteiger partial charge on any atom is -0.355 e. The highest BCUT2D eigenvalue weighted by Gasteiger charge is 2.15. The van der Waals surface area contributed by atoms with Crippen LogP contribution in [0.15, 0.2) is 12.4 Å². The Bertz CT molecular complexity index is 358. The number of hydrogen-bond donors (Lipinski definition) is 0. The summed E-state index contributed by atoms with van der Waals surface area (Å²) >= 11 is 5.79. The third kappa shape index (κ3) is 3.54. The highest BCUT2D eigenvalue weighted by atomic mass is 35.5. The lowest BCUT2D eigenvalue weighted by molar-refractivity contribution is 0.311. The molecule has 0 aliphatic carbocycles. The Kier molecular flexibility index (Phi) is 4.57. The lowest BCUT2D eigenvalue weighted by Gasteiger charge is -2.22. The number of rotatable bonds is 3. The van der Waals surface area contributed by atoms with Gasteiger partial charge in [0.2, 0.25) is 0 Å². The molecule has 1 aromatic rings. The van der Waals surface area contributed by atoms with Crippen molar-refractivity contribution in [2.24, 2.45) is 0 Å². The van der Waals surface area contributed by atoms with E-state index in [1.54, 1.807) is 6.33 Å². The van der Waals surface area contributed by atoms with Crippen molar-refractivity contribution in [2.45, 2.75) is 13.3 Å². The average molecular weight is 255 g/mol. The van der Waals surface area contributed by atoms with Crippen molar-refractivity contribution >= 4 is 17.4 Å². The fourth-order valence-corrected chi connectivity index (χ4v) is 2.40. The molecule has 2 heterocycles. The van der Waals surface area contributed by atoms with Crippen LogP contribution in [-0.2, 0) is 0 Å². The number of aryl methyl sites for hydroxylation is 1. The normalized spacial score (nSPS) is 18.1. The van der Waals surface area contributed by atoms with Crippen molar-refractivity contribution < 1.29 is 0 Å². The summed E-state index contributed by atoms with van der Waals surface area (Å²) in [5.41, 5.74) is 1.02. The van der Waals surface area contributed by atoms with E-state index in [1.807, 2.05) is 6.92 Å². The van der Waals surface area contributed by atoms with Gasteiger partial charge in [-0.15, -0.1) is 11.6 Å². The van der Waals surface area contributed by atoms with E-state index in [0.29, 0.717) is 5.88 Å². The lowest BCUT2D eigenvalue weighted by atomic mass is 10.3. The van der Waals surface area contributed by atoms with Gasteiger partial charge in [0.25, 0.3) is 0 Å². The fourth-order valence-electron chi connectivity index (χ4n) is 2.16. The van der Waals surface area contributed by atoms with Crippen LogP contribution in [-0.4, -0.2) is 53.5 Å². The zero-order chi connectivity index (χ0) is 12.1. The van der Waals surface area contributed by atoms with Crippen LogP contribution < -0.4 is 4.90 Å². The quantitative estimate of drug-likeness (QED) is 0.766. The van der Waals surface area contributed by atoms with Crippen LogP contribution in [0, 0.1) is 6.92 Å². The summed E-state index contributed by atoms with van der Waals surface area (Å²) in [7, 11) is 0. The van der Waals surface area contributed by atoms with E-state index in [1.165, 1.54) is 6.42 Å². The van der Waals surface area contributed by atoms with Crippen LogP contribution in [0.4, 0.5) is 5.82 Å². The van der Waals surface area contributed by atoms with Crippen LogP contribution in [0.25, 0.3) is 0 Å². The molecule has 1 saturated heterocycles. The second-order valence-electron chi connectivity index (χ2n) is 4.39. The standard InChI is InChI=1S/C12H19ClN4/c1-11-9-12(15-10-14-11)17-5-2-4-16(6-3-13)7-8-17/h9-10H,2-8H2,1H3. The Morgan fingerprint density at radius 2 is 2.12 bits per heavy atom.